The minimum absolute atomic E-state index is 0.780. The fourth-order valence-electron chi connectivity index (χ4n) is 2.11. The molecule has 1 heterocycles. The van der Waals surface area contributed by atoms with E-state index in [4.69, 9.17) is 0 Å². The van der Waals surface area contributed by atoms with Crippen LogP contribution < -0.4 is 5.32 Å². The van der Waals surface area contributed by atoms with E-state index in [1.165, 1.54) is 37.2 Å². The molecule has 2 aliphatic rings. The number of hydrogen-bond acceptors (Lipinski definition) is 2. The Labute approximate surface area is 79.7 Å². The molecule has 2 unspecified atom stereocenters. The smallest absolute Gasteiger partial charge is 0.0168 e. The molecule has 12 heavy (non-hydrogen) atoms. The highest BCUT2D eigenvalue weighted by atomic mass is 32.2. The van der Waals surface area contributed by atoms with Gasteiger partial charge >= 0.3 is 0 Å². The molecular formula is C10H19NS. The lowest BCUT2D eigenvalue weighted by Crippen LogP contribution is -2.43. The van der Waals surface area contributed by atoms with Crippen LogP contribution in [-0.2, 0) is 0 Å². The second-order valence-corrected chi connectivity index (χ2v) is 5.36. The molecule has 70 valence electrons. The van der Waals surface area contributed by atoms with Crippen molar-refractivity contribution in [3.05, 3.63) is 0 Å². The predicted molar refractivity (Wildman–Crippen MR) is 55.7 cm³/mol. The largest absolute Gasteiger partial charge is 0.310 e. The summed E-state index contributed by atoms with van der Waals surface area (Å²) in [4.78, 5) is 0. The normalized spacial score (nSPS) is 33.2. The molecule has 0 aromatic carbocycles. The number of thioether (sulfide) groups is 1. The van der Waals surface area contributed by atoms with E-state index in [0.717, 1.165) is 18.0 Å². The van der Waals surface area contributed by atoms with Gasteiger partial charge in [0.05, 0.1) is 0 Å². The number of hydrogen-bond donors (Lipinski definition) is 1. The van der Waals surface area contributed by atoms with Gasteiger partial charge in [-0.1, -0.05) is 6.42 Å². The molecule has 0 aromatic rings. The average molecular weight is 185 g/mol. The van der Waals surface area contributed by atoms with Crippen molar-refractivity contribution >= 4 is 11.8 Å². The van der Waals surface area contributed by atoms with Crippen LogP contribution in [0, 0.1) is 5.92 Å². The van der Waals surface area contributed by atoms with Gasteiger partial charge in [0, 0.05) is 17.8 Å². The SMILES string of the molecule is CC(NC1CCSC1)C1CCC1. The molecule has 0 amide bonds. The highest BCUT2D eigenvalue weighted by Gasteiger charge is 2.26. The summed E-state index contributed by atoms with van der Waals surface area (Å²) >= 11 is 2.10. The summed E-state index contributed by atoms with van der Waals surface area (Å²) in [6.07, 6.45) is 5.79. The van der Waals surface area contributed by atoms with Gasteiger partial charge < -0.3 is 5.32 Å². The van der Waals surface area contributed by atoms with Gasteiger partial charge in [0.1, 0.15) is 0 Å². The van der Waals surface area contributed by atoms with Crippen molar-refractivity contribution in [2.24, 2.45) is 5.92 Å². The first-order chi connectivity index (χ1) is 5.86. The Morgan fingerprint density at radius 2 is 2.17 bits per heavy atom. The third-order valence-electron chi connectivity index (χ3n) is 3.29. The Balaban J connectivity index is 1.69. The fourth-order valence-corrected chi connectivity index (χ4v) is 3.28. The third kappa shape index (κ3) is 1.97. The van der Waals surface area contributed by atoms with Crippen LogP contribution in [0.5, 0.6) is 0 Å². The first kappa shape index (κ1) is 8.89. The van der Waals surface area contributed by atoms with Gasteiger partial charge in [-0.2, -0.15) is 11.8 Å². The van der Waals surface area contributed by atoms with Crippen LogP contribution >= 0.6 is 11.8 Å². The minimum atomic E-state index is 0.780. The highest BCUT2D eigenvalue weighted by molar-refractivity contribution is 7.99. The van der Waals surface area contributed by atoms with Crippen LogP contribution in [0.4, 0.5) is 0 Å². The summed E-state index contributed by atoms with van der Waals surface area (Å²) in [6, 6.07) is 1.60. The van der Waals surface area contributed by atoms with Gasteiger partial charge in [-0.05, 0) is 37.9 Å². The molecule has 1 nitrogen and oxygen atoms in total. The lowest BCUT2D eigenvalue weighted by molar-refractivity contribution is 0.230. The van der Waals surface area contributed by atoms with E-state index < -0.39 is 0 Å². The molecule has 1 aliphatic heterocycles. The molecule has 1 N–H and O–H groups in total. The van der Waals surface area contributed by atoms with Crippen molar-refractivity contribution in [1.82, 2.24) is 5.32 Å². The molecule has 1 saturated carbocycles. The van der Waals surface area contributed by atoms with Gasteiger partial charge in [0.25, 0.3) is 0 Å². The molecular weight excluding hydrogens is 166 g/mol. The zero-order valence-electron chi connectivity index (χ0n) is 7.88. The zero-order chi connectivity index (χ0) is 8.39. The Morgan fingerprint density at radius 1 is 1.33 bits per heavy atom. The summed E-state index contributed by atoms with van der Waals surface area (Å²) < 4.78 is 0. The van der Waals surface area contributed by atoms with E-state index in [-0.39, 0.29) is 0 Å². The molecule has 1 aliphatic carbocycles. The standard InChI is InChI=1S/C10H19NS/c1-8(9-3-2-4-9)11-10-5-6-12-7-10/h8-11H,2-7H2,1H3. The van der Waals surface area contributed by atoms with Gasteiger partial charge in [-0.15, -0.1) is 0 Å². The van der Waals surface area contributed by atoms with Crippen molar-refractivity contribution in [1.29, 1.82) is 0 Å². The van der Waals surface area contributed by atoms with Crippen LogP contribution in [0.3, 0.4) is 0 Å². The van der Waals surface area contributed by atoms with Gasteiger partial charge in [0.15, 0.2) is 0 Å². The van der Waals surface area contributed by atoms with Crippen molar-refractivity contribution in [2.75, 3.05) is 11.5 Å². The van der Waals surface area contributed by atoms with Crippen molar-refractivity contribution in [2.45, 2.75) is 44.7 Å². The summed E-state index contributed by atoms with van der Waals surface area (Å²) in [5.41, 5.74) is 0. The van der Waals surface area contributed by atoms with Crippen LogP contribution in [0.25, 0.3) is 0 Å². The molecule has 2 fully saturated rings. The topological polar surface area (TPSA) is 12.0 Å². The average Bonchev–Trinajstić information content (AvgIpc) is 2.34. The van der Waals surface area contributed by atoms with Crippen molar-refractivity contribution in [3.63, 3.8) is 0 Å². The maximum absolute atomic E-state index is 3.76. The molecule has 0 radical (unpaired) electrons. The monoisotopic (exact) mass is 185 g/mol. The van der Waals surface area contributed by atoms with E-state index in [1.807, 2.05) is 0 Å². The summed E-state index contributed by atoms with van der Waals surface area (Å²) in [6.45, 7) is 2.37. The molecule has 2 rings (SSSR count). The Bertz CT molecular complexity index is 139. The Morgan fingerprint density at radius 3 is 2.67 bits per heavy atom. The first-order valence-corrected chi connectivity index (χ1v) is 6.35. The first-order valence-electron chi connectivity index (χ1n) is 5.20. The van der Waals surface area contributed by atoms with E-state index in [9.17, 15) is 0 Å². The van der Waals surface area contributed by atoms with E-state index >= 15 is 0 Å². The third-order valence-corrected chi connectivity index (χ3v) is 4.45. The summed E-state index contributed by atoms with van der Waals surface area (Å²) in [5, 5.41) is 3.76. The van der Waals surface area contributed by atoms with Gasteiger partial charge in [-0.3, -0.25) is 0 Å². The molecule has 0 bridgehead atoms. The van der Waals surface area contributed by atoms with Crippen LogP contribution in [0.2, 0.25) is 0 Å². The van der Waals surface area contributed by atoms with Crippen LogP contribution in [0.15, 0.2) is 0 Å². The molecule has 2 heteroatoms. The Kier molecular flexibility index (Phi) is 2.97. The fraction of sp³-hybridized carbons (Fsp3) is 1.00. The highest BCUT2D eigenvalue weighted by Crippen LogP contribution is 2.30. The van der Waals surface area contributed by atoms with Gasteiger partial charge in [-0.25, -0.2) is 0 Å². The lowest BCUT2D eigenvalue weighted by Gasteiger charge is -2.33. The maximum Gasteiger partial charge on any atom is 0.0168 e. The zero-order valence-corrected chi connectivity index (χ0v) is 8.70. The quantitative estimate of drug-likeness (QED) is 0.724. The number of nitrogens with one attached hydrogen (secondary N) is 1. The van der Waals surface area contributed by atoms with Crippen LogP contribution in [0.1, 0.15) is 32.6 Å². The summed E-state index contributed by atoms with van der Waals surface area (Å²) in [7, 11) is 0. The minimum Gasteiger partial charge on any atom is -0.310 e. The van der Waals surface area contributed by atoms with Gasteiger partial charge in [0.2, 0.25) is 0 Å². The second-order valence-electron chi connectivity index (χ2n) is 4.21. The molecule has 0 spiro atoms. The predicted octanol–water partition coefficient (Wildman–Crippen LogP) is 2.27. The van der Waals surface area contributed by atoms with Crippen molar-refractivity contribution < 1.29 is 0 Å². The van der Waals surface area contributed by atoms with E-state index in [0.29, 0.717) is 0 Å². The Hall–Kier alpha value is 0.310. The lowest BCUT2D eigenvalue weighted by atomic mass is 9.80. The van der Waals surface area contributed by atoms with E-state index in [1.54, 1.807) is 0 Å². The molecule has 0 aromatic heterocycles. The maximum atomic E-state index is 3.76. The molecule has 1 saturated heterocycles. The molecule has 2 atom stereocenters. The second kappa shape index (κ2) is 4.01. The van der Waals surface area contributed by atoms with Crippen LogP contribution in [-0.4, -0.2) is 23.6 Å². The van der Waals surface area contributed by atoms with E-state index in [2.05, 4.69) is 24.0 Å². The summed E-state index contributed by atoms with van der Waals surface area (Å²) in [5.74, 6) is 3.71. The number of rotatable bonds is 3. The van der Waals surface area contributed by atoms with Crippen molar-refractivity contribution in [3.8, 4) is 0 Å².